The number of rotatable bonds is 6. The summed E-state index contributed by atoms with van der Waals surface area (Å²) in [6, 6.07) is 24.8. The molecule has 0 amide bonds. The van der Waals surface area contributed by atoms with Gasteiger partial charge in [0.15, 0.2) is 0 Å². The quantitative estimate of drug-likeness (QED) is 0.569. The molecule has 24 heavy (non-hydrogen) atoms. The second kappa shape index (κ2) is 8.02. The monoisotopic (exact) mass is 381 g/mol. The third-order valence-corrected chi connectivity index (χ3v) is 4.32. The smallest absolute Gasteiger partial charge is 0.119 e. The molecule has 122 valence electrons. The van der Waals surface area contributed by atoms with Gasteiger partial charge in [-0.1, -0.05) is 57.9 Å². The minimum absolute atomic E-state index is 0.594. The molecule has 0 saturated carbocycles. The Kier molecular flexibility index (Phi) is 5.55. The van der Waals surface area contributed by atoms with Crippen molar-refractivity contribution in [2.45, 2.75) is 20.1 Å². The van der Waals surface area contributed by atoms with Gasteiger partial charge in [0.2, 0.25) is 0 Å². The second-order valence-electron chi connectivity index (χ2n) is 5.78. The summed E-state index contributed by atoms with van der Waals surface area (Å²) in [6.07, 6.45) is 0. The topological polar surface area (TPSA) is 21.3 Å². The van der Waals surface area contributed by atoms with E-state index < -0.39 is 0 Å². The lowest BCUT2D eigenvalue weighted by atomic mass is 10.2. The summed E-state index contributed by atoms with van der Waals surface area (Å²) >= 11 is 3.44. The zero-order valence-corrected chi connectivity index (χ0v) is 15.2. The van der Waals surface area contributed by atoms with Gasteiger partial charge in [0.05, 0.1) is 0 Å². The Morgan fingerprint density at radius 2 is 1.42 bits per heavy atom. The van der Waals surface area contributed by atoms with E-state index in [4.69, 9.17) is 4.74 Å². The van der Waals surface area contributed by atoms with Crippen LogP contribution in [0, 0.1) is 6.92 Å². The number of anilines is 1. The van der Waals surface area contributed by atoms with Gasteiger partial charge in [0.25, 0.3) is 0 Å². The third-order valence-electron chi connectivity index (χ3n) is 3.79. The number of halogens is 1. The number of aryl methyl sites for hydroxylation is 1. The fourth-order valence-electron chi connectivity index (χ4n) is 2.33. The van der Waals surface area contributed by atoms with Gasteiger partial charge in [-0.2, -0.15) is 0 Å². The van der Waals surface area contributed by atoms with Crippen molar-refractivity contribution in [3.05, 3.63) is 94.0 Å². The summed E-state index contributed by atoms with van der Waals surface area (Å²) in [7, 11) is 0. The van der Waals surface area contributed by atoms with Crippen molar-refractivity contribution in [1.29, 1.82) is 0 Å². The van der Waals surface area contributed by atoms with Crippen LogP contribution in [0.1, 0.15) is 16.7 Å². The van der Waals surface area contributed by atoms with Crippen molar-refractivity contribution >= 4 is 21.6 Å². The predicted octanol–water partition coefficient (Wildman–Crippen LogP) is 5.95. The first kappa shape index (κ1) is 16.6. The Hall–Kier alpha value is -2.26. The number of nitrogens with one attached hydrogen (secondary N) is 1. The molecule has 0 saturated heterocycles. The maximum Gasteiger partial charge on any atom is 0.119 e. The summed E-state index contributed by atoms with van der Waals surface area (Å²) < 4.78 is 6.92. The minimum atomic E-state index is 0.594. The van der Waals surface area contributed by atoms with E-state index >= 15 is 0 Å². The largest absolute Gasteiger partial charge is 0.489 e. The fourth-order valence-corrected chi connectivity index (χ4v) is 2.59. The van der Waals surface area contributed by atoms with Crippen molar-refractivity contribution in [3.63, 3.8) is 0 Å². The molecule has 3 aromatic rings. The second-order valence-corrected chi connectivity index (χ2v) is 6.69. The fraction of sp³-hybridized carbons (Fsp3) is 0.143. The van der Waals surface area contributed by atoms with E-state index in [2.05, 4.69) is 76.7 Å². The Morgan fingerprint density at radius 3 is 2.08 bits per heavy atom. The molecule has 0 bridgehead atoms. The predicted molar refractivity (Wildman–Crippen MR) is 103 cm³/mol. The highest BCUT2D eigenvalue weighted by atomic mass is 79.9. The lowest BCUT2D eigenvalue weighted by Crippen LogP contribution is -1.99. The van der Waals surface area contributed by atoms with E-state index in [1.54, 1.807) is 0 Å². The molecule has 0 fully saturated rings. The van der Waals surface area contributed by atoms with Crippen LogP contribution in [0.25, 0.3) is 0 Å². The molecule has 0 aliphatic carbocycles. The maximum atomic E-state index is 5.84. The standard InChI is InChI=1S/C21H20BrNO/c1-16-2-4-18(5-3-16)15-24-21-12-6-17(7-13-21)14-23-20-10-8-19(22)9-11-20/h2-13,23H,14-15H2,1H3. The first-order valence-corrected chi connectivity index (χ1v) is 8.75. The zero-order valence-electron chi connectivity index (χ0n) is 13.6. The molecule has 3 aromatic carbocycles. The lowest BCUT2D eigenvalue weighted by molar-refractivity contribution is 0.306. The van der Waals surface area contributed by atoms with Crippen LogP contribution in [0.3, 0.4) is 0 Å². The van der Waals surface area contributed by atoms with Crippen LogP contribution in [0.2, 0.25) is 0 Å². The van der Waals surface area contributed by atoms with E-state index in [-0.39, 0.29) is 0 Å². The number of hydrogen-bond donors (Lipinski definition) is 1. The van der Waals surface area contributed by atoms with Crippen LogP contribution in [-0.4, -0.2) is 0 Å². The Bertz CT molecular complexity index is 696. The van der Waals surface area contributed by atoms with Crippen LogP contribution >= 0.6 is 15.9 Å². The van der Waals surface area contributed by atoms with Gasteiger partial charge in [-0.3, -0.25) is 0 Å². The van der Waals surface area contributed by atoms with Crippen molar-refractivity contribution < 1.29 is 4.74 Å². The molecule has 1 N–H and O–H groups in total. The molecule has 0 radical (unpaired) electrons. The average Bonchev–Trinajstić information content (AvgIpc) is 2.62. The number of ether oxygens (including phenoxy) is 1. The molecular formula is C21H20BrNO. The van der Waals surface area contributed by atoms with Gasteiger partial charge in [0.1, 0.15) is 12.4 Å². The van der Waals surface area contributed by atoms with Crippen molar-refractivity contribution in [1.82, 2.24) is 0 Å². The molecule has 0 spiro atoms. The lowest BCUT2D eigenvalue weighted by Gasteiger charge is -2.09. The number of hydrogen-bond acceptors (Lipinski definition) is 2. The van der Waals surface area contributed by atoms with E-state index in [1.807, 2.05) is 24.3 Å². The Morgan fingerprint density at radius 1 is 0.792 bits per heavy atom. The third kappa shape index (κ3) is 4.87. The summed E-state index contributed by atoms with van der Waals surface area (Å²) in [5.41, 5.74) is 4.78. The van der Waals surface area contributed by atoms with Crippen LogP contribution in [0.15, 0.2) is 77.3 Å². The van der Waals surface area contributed by atoms with Gasteiger partial charge in [-0.15, -0.1) is 0 Å². The van der Waals surface area contributed by atoms with E-state index in [0.717, 1.165) is 22.5 Å². The van der Waals surface area contributed by atoms with Gasteiger partial charge in [-0.05, 0) is 54.4 Å². The van der Waals surface area contributed by atoms with Crippen LogP contribution in [0.5, 0.6) is 5.75 Å². The van der Waals surface area contributed by atoms with Crippen molar-refractivity contribution in [2.24, 2.45) is 0 Å². The van der Waals surface area contributed by atoms with Crippen molar-refractivity contribution in [3.8, 4) is 5.75 Å². The van der Waals surface area contributed by atoms with Gasteiger partial charge in [0, 0.05) is 16.7 Å². The van der Waals surface area contributed by atoms with Crippen molar-refractivity contribution in [2.75, 3.05) is 5.32 Å². The summed E-state index contributed by atoms with van der Waals surface area (Å²) in [5.74, 6) is 0.892. The molecular weight excluding hydrogens is 362 g/mol. The molecule has 0 atom stereocenters. The normalized spacial score (nSPS) is 10.4. The van der Waals surface area contributed by atoms with Crippen LogP contribution < -0.4 is 10.1 Å². The van der Waals surface area contributed by atoms with E-state index in [1.165, 1.54) is 16.7 Å². The van der Waals surface area contributed by atoms with Crippen LogP contribution in [0.4, 0.5) is 5.69 Å². The SMILES string of the molecule is Cc1ccc(COc2ccc(CNc3ccc(Br)cc3)cc2)cc1. The Labute approximate surface area is 151 Å². The first-order chi connectivity index (χ1) is 11.7. The van der Waals surface area contributed by atoms with Gasteiger partial charge >= 0.3 is 0 Å². The maximum absolute atomic E-state index is 5.84. The highest BCUT2D eigenvalue weighted by molar-refractivity contribution is 9.10. The zero-order chi connectivity index (χ0) is 16.8. The molecule has 0 unspecified atom stereocenters. The molecule has 3 heteroatoms. The molecule has 0 heterocycles. The molecule has 2 nitrogen and oxygen atoms in total. The van der Waals surface area contributed by atoms with Gasteiger partial charge in [-0.25, -0.2) is 0 Å². The van der Waals surface area contributed by atoms with Crippen LogP contribution in [-0.2, 0) is 13.2 Å². The van der Waals surface area contributed by atoms with E-state index in [0.29, 0.717) is 6.61 Å². The first-order valence-electron chi connectivity index (χ1n) is 7.96. The summed E-state index contributed by atoms with van der Waals surface area (Å²) in [5, 5.41) is 3.41. The van der Waals surface area contributed by atoms with Gasteiger partial charge < -0.3 is 10.1 Å². The minimum Gasteiger partial charge on any atom is -0.489 e. The molecule has 0 aliphatic heterocycles. The average molecular weight is 382 g/mol. The van der Waals surface area contributed by atoms with E-state index in [9.17, 15) is 0 Å². The Balaban J connectivity index is 1.51. The highest BCUT2D eigenvalue weighted by Crippen LogP contribution is 2.17. The summed E-state index contributed by atoms with van der Waals surface area (Å²) in [4.78, 5) is 0. The number of benzene rings is 3. The molecule has 3 rings (SSSR count). The summed E-state index contributed by atoms with van der Waals surface area (Å²) in [6.45, 7) is 3.47. The highest BCUT2D eigenvalue weighted by Gasteiger charge is 1.98. The molecule has 0 aliphatic rings. The molecule has 0 aromatic heterocycles.